The number of nitrogens with zero attached hydrogens (tertiary/aromatic N) is 4. The van der Waals surface area contributed by atoms with Gasteiger partial charge in [0.25, 0.3) is 0 Å². The van der Waals surface area contributed by atoms with Gasteiger partial charge in [-0.3, -0.25) is 0 Å². The van der Waals surface area contributed by atoms with Crippen LogP contribution in [0, 0.1) is 6.92 Å². The summed E-state index contributed by atoms with van der Waals surface area (Å²) < 4.78 is 5.17. The molecule has 0 bridgehead atoms. The van der Waals surface area contributed by atoms with Gasteiger partial charge in [0.15, 0.2) is 0 Å². The molecule has 4 rings (SSSR count). The van der Waals surface area contributed by atoms with Gasteiger partial charge in [-0.05, 0) is 43.4 Å². The minimum Gasteiger partial charge on any atom is -0.447 e. The largest absolute Gasteiger partial charge is 0.447 e. The lowest BCUT2D eigenvalue weighted by molar-refractivity contribution is 0.178. The number of carbonyl (C=O) groups excluding carboxylic acids is 1. The van der Waals surface area contributed by atoms with Crippen molar-refractivity contribution in [3.8, 4) is 0 Å². The summed E-state index contributed by atoms with van der Waals surface area (Å²) in [7, 11) is 0. The molecule has 1 saturated heterocycles. The number of cyclic esters (lactones) is 1. The van der Waals surface area contributed by atoms with Gasteiger partial charge in [0.1, 0.15) is 12.4 Å². The molecule has 0 radical (unpaired) electrons. The SMILES string of the molecule is CCC1COC(=O)N1c1nc(C)nc(N[C@@H](C)c2ccc(Cc3ccccc3)cc2)n1. The van der Waals surface area contributed by atoms with Crippen LogP contribution < -0.4 is 10.2 Å². The summed E-state index contributed by atoms with van der Waals surface area (Å²) in [6.07, 6.45) is 1.26. The third-order valence-corrected chi connectivity index (χ3v) is 5.46. The smallest absolute Gasteiger partial charge is 0.417 e. The van der Waals surface area contributed by atoms with Crippen LogP contribution >= 0.6 is 0 Å². The van der Waals surface area contributed by atoms with E-state index in [4.69, 9.17) is 4.74 Å². The number of anilines is 2. The number of benzene rings is 2. The van der Waals surface area contributed by atoms with Crippen molar-refractivity contribution >= 4 is 18.0 Å². The third kappa shape index (κ3) is 4.82. The van der Waals surface area contributed by atoms with E-state index in [-0.39, 0.29) is 12.1 Å². The Hall–Kier alpha value is -3.48. The first-order valence-electron chi connectivity index (χ1n) is 10.6. The maximum Gasteiger partial charge on any atom is 0.417 e. The topological polar surface area (TPSA) is 80.2 Å². The molecule has 2 atom stereocenters. The summed E-state index contributed by atoms with van der Waals surface area (Å²) >= 11 is 0. The van der Waals surface area contributed by atoms with E-state index < -0.39 is 6.09 Å². The van der Waals surface area contributed by atoms with Crippen LogP contribution in [0.3, 0.4) is 0 Å². The zero-order chi connectivity index (χ0) is 21.8. The maximum atomic E-state index is 12.2. The fraction of sp³-hybridized carbons (Fsp3) is 0.333. The second-order valence-corrected chi connectivity index (χ2v) is 7.79. The minimum absolute atomic E-state index is 0.00655. The zero-order valence-corrected chi connectivity index (χ0v) is 18.1. The number of amides is 1. The Balaban J connectivity index is 1.47. The molecule has 0 aliphatic carbocycles. The molecule has 1 unspecified atom stereocenters. The van der Waals surface area contributed by atoms with Crippen LogP contribution in [0.25, 0.3) is 0 Å². The summed E-state index contributed by atoms with van der Waals surface area (Å²) in [6, 6.07) is 18.9. The van der Waals surface area contributed by atoms with E-state index in [1.165, 1.54) is 16.0 Å². The number of hydrogen-bond donors (Lipinski definition) is 1. The molecule has 7 nitrogen and oxygen atoms in total. The highest BCUT2D eigenvalue weighted by atomic mass is 16.6. The predicted octanol–water partition coefficient (Wildman–Crippen LogP) is 4.68. The van der Waals surface area contributed by atoms with E-state index in [2.05, 4.69) is 75.7 Å². The first-order chi connectivity index (χ1) is 15.0. The molecule has 1 aliphatic heterocycles. The Morgan fingerprint density at radius 3 is 2.48 bits per heavy atom. The van der Waals surface area contributed by atoms with Crippen molar-refractivity contribution in [1.29, 1.82) is 0 Å². The van der Waals surface area contributed by atoms with E-state index >= 15 is 0 Å². The summed E-state index contributed by atoms with van der Waals surface area (Å²) in [6.45, 7) is 6.22. The summed E-state index contributed by atoms with van der Waals surface area (Å²) in [5, 5.41) is 3.34. The number of ether oxygens (including phenoxy) is 1. The Morgan fingerprint density at radius 2 is 1.77 bits per heavy atom. The molecule has 160 valence electrons. The number of aromatic nitrogens is 3. The fourth-order valence-corrected chi connectivity index (χ4v) is 3.68. The van der Waals surface area contributed by atoms with Crippen molar-refractivity contribution < 1.29 is 9.53 Å². The molecule has 31 heavy (non-hydrogen) atoms. The van der Waals surface area contributed by atoms with E-state index in [9.17, 15) is 4.79 Å². The first kappa shape index (κ1) is 20.8. The molecule has 2 aromatic carbocycles. The molecule has 1 amide bonds. The lowest BCUT2D eigenvalue weighted by atomic mass is 10.0. The van der Waals surface area contributed by atoms with Crippen molar-refractivity contribution in [2.45, 2.75) is 45.7 Å². The first-order valence-corrected chi connectivity index (χ1v) is 10.6. The second kappa shape index (κ2) is 9.12. The molecule has 1 N–H and O–H groups in total. The highest BCUT2D eigenvalue weighted by molar-refractivity contribution is 5.88. The van der Waals surface area contributed by atoms with Crippen LogP contribution in [0.4, 0.5) is 16.7 Å². The Labute approximate surface area is 182 Å². The van der Waals surface area contributed by atoms with Gasteiger partial charge in [-0.15, -0.1) is 0 Å². The van der Waals surface area contributed by atoms with E-state index in [1.54, 1.807) is 6.92 Å². The molecule has 1 aromatic heterocycles. The zero-order valence-electron chi connectivity index (χ0n) is 18.1. The van der Waals surface area contributed by atoms with Gasteiger partial charge >= 0.3 is 6.09 Å². The van der Waals surface area contributed by atoms with Crippen LogP contribution in [0.15, 0.2) is 54.6 Å². The van der Waals surface area contributed by atoms with E-state index in [1.807, 2.05) is 13.0 Å². The van der Waals surface area contributed by atoms with Crippen molar-refractivity contribution in [2.75, 3.05) is 16.8 Å². The lowest BCUT2D eigenvalue weighted by Gasteiger charge is -2.20. The summed E-state index contributed by atoms with van der Waals surface area (Å²) in [5.41, 5.74) is 3.68. The maximum absolute atomic E-state index is 12.2. The van der Waals surface area contributed by atoms with Gasteiger partial charge < -0.3 is 10.1 Å². The Bertz CT molecular complexity index is 1040. The quantitative estimate of drug-likeness (QED) is 0.601. The molecule has 0 saturated carbocycles. The van der Waals surface area contributed by atoms with Gasteiger partial charge in [-0.25, -0.2) is 9.69 Å². The molecule has 2 heterocycles. The molecule has 3 aromatic rings. The van der Waals surface area contributed by atoms with Gasteiger partial charge in [-0.2, -0.15) is 15.0 Å². The van der Waals surface area contributed by atoms with Gasteiger partial charge in [0, 0.05) is 0 Å². The second-order valence-electron chi connectivity index (χ2n) is 7.79. The molecule has 7 heteroatoms. The van der Waals surface area contributed by atoms with Crippen LogP contribution in [-0.2, 0) is 11.2 Å². The van der Waals surface area contributed by atoms with Crippen molar-refractivity contribution in [1.82, 2.24) is 15.0 Å². The van der Waals surface area contributed by atoms with E-state index in [0.717, 1.165) is 18.4 Å². The molecular formula is C24H27N5O2. The minimum atomic E-state index is -0.412. The molecule has 0 spiro atoms. The van der Waals surface area contributed by atoms with Gasteiger partial charge in [0.2, 0.25) is 11.9 Å². The fourth-order valence-electron chi connectivity index (χ4n) is 3.68. The third-order valence-electron chi connectivity index (χ3n) is 5.46. The standard InChI is InChI=1S/C24H27N5O2/c1-4-21-15-31-24(30)29(21)23-27-17(3)26-22(28-23)25-16(2)20-12-10-19(11-13-20)14-18-8-6-5-7-9-18/h5-13,16,21H,4,14-15H2,1-3H3,(H,25,26,27,28)/t16-,21?/m0/s1. The van der Waals surface area contributed by atoms with E-state index in [0.29, 0.717) is 24.3 Å². The number of aryl methyl sites for hydroxylation is 1. The molecule has 1 fully saturated rings. The average molecular weight is 418 g/mol. The van der Waals surface area contributed by atoms with Crippen LogP contribution in [0.2, 0.25) is 0 Å². The monoisotopic (exact) mass is 417 g/mol. The van der Waals surface area contributed by atoms with Gasteiger partial charge in [0.05, 0.1) is 12.1 Å². The highest BCUT2D eigenvalue weighted by Gasteiger charge is 2.35. The van der Waals surface area contributed by atoms with Crippen molar-refractivity contribution in [3.63, 3.8) is 0 Å². The summed E-state index contributed by atoms with van der Waals surface area (Å²) in [5.74, 6) is 1.32. The number of hydrogen-bond acceptors (Lipinski definition) is 6. The Morgan fingerprint density at radius 1 is 1.06 bits per heavy atom. The average Bonchev–Trinajstić information content (AvgIpc) is 3.15. The van der Waals surface area contributed by atoms with Crippen LogP contribution in [0.5, 0.6) is 0 Å². The predicted molar refractivity (Wildman–Crippen MR) is 120 cm³/mol. The van der Waals surface area contributed by atoms with Crippen molar-refractivity contribution in [2.24, 2.45) is 0 Å². The van der Waals surface area contributed by atoms with Gasteiger partial charge in [-0.1, -0.05) is 61.5 Å². The highest BCUT2D eigenvalue weighted by Crippen LogP contribution is 2.24. The van der Waals surface area contributed by atoms with Crippen molar-refractivity contribution in [3.05, 3.63) is 77.1 Å². The van der Waals surface area contributed by atoms with Crippen LogP contribution in [-0.4, -0.2) is 33.7 Å². The van der Waals surface area contributed by atoms with Crippen LogP contribution in [0.1, 0.15) is 48.8 Å². The normalized spacial score (nSPS) is 16.8. The number of carbonyl (C=O) groups is 1. The number of rotatable bonds is 7. The summed E-state index contributed by atoms with van der Waals surface area (Å²) in [4.78, 5) is 26.9. The number of nitrogens with one attached hydrogen (secondary N) is 1. The Kier molecular flexibility index (Phi) is 6.11. The molecular weight excluding hydrogens is 390 g/mol. The molecule has 1 aliphatic rings. The lowest BCUT2D eigenvalue weighted by Crippen LogP contribution is -2.34.